The van der Waals surface area contributed by atoms with Gasteiger partial charge in [0.1, 0.15) is 6.61 Å². The molecule has 0 aromatic carbocycles. The van der Waals surface area contributed by atoms with E-state index >= 15 is 0 Å². The lowest BCUT2D eigenvalue weighted by atomic mass is 9.74. The number of carbonyl (C=O) groups excluding carboxylic acids is 1. The van der Waals surface area contributed by atoms with Crippen LogP contribution in [0, 0.1) is 17.8 Å². The molecular formula is C16H30N2O2. The molecule has 2 fully saturated rings. The molecule has 0 heterocycles. The molecule has 0 spiro atoms. The van der Waals surface area contributed by atoms with Crippen LogP contribution in [0.5, 0.6) is 0 Å². The van der Waals surface area contributed by atoms with E-state index < -0.39 is 0 Å². The Balaban J connectivity index is 1.72. The highest BCUT2D eigenvalue weighted by Gasteiger charge is 2.36. The molecular weight excluding hydrogens is 252 g/mol. The molecule has 2 saturated carbocycles. The summed E-state index contributed by atoms with van der Waals surface area (Å²) in [6, 6.07) is 0. The molecule has 0 bridgehead atoms. The van der Waals surface area contributed by atoms with Crippen LogP contribution in [0.4, 0.5) is 0 Å². The molecule has 20 heavy (non-hydrogen) atoms. The summed E-state index contributed by atoms with van der Waals surface area (Å²) < 4.78 is 5.93. The molecule has 4 heteroatoms. The van der Waals surface area contributed by atoms with Crippen molar-refractivity contribution in [1.29, 1.82) is 0 Å². The van der Waals surface area contributed by atoms with Gasteiger partial charge in [-0.3, -0.25) is 4.79 Å². The summed E-state index contributed by atoms with van der Waals surface area (Å²) in [5, 5.41) is 2.95. The van der Waals surface area contributed by atoms with E-state index in [1.54, 1.807) is 0 Å². The Kier molecular flexibility index (Phi) is 5.44. The minimum atomic E-state index is -0.262. The Hall–Kier alpha value is -0.610. The van der Waals surface area contributed by atoms with Crippen LogP contribution in [0.3, 0.4) is 0 Å². The second-order valence-corrected chi connectivity index (χ2v) is 7.00. The van der Waals surface area contributed by atoms with Crippen LogP contribution < -0.4 is 11.1 Å². The van der Waals surface area contributed by atoms with Crippen LogP contribution in [0.15, 0.2) is 0 Å². The molecule has 1 amide bonds. The lowest BCUT2D eigenvalue weighted by Gasteiger charge is -2.40. The predicted molar refractivity (Wildman–Crippen MR) is 80.3 cm³/mol. The average Bonchev–Trinajstić information content (AvgIpc) is 3.27. The molecule has 2 rings (SSSR count). The predicted octanol–water partition coefficient (Wildman–Crippen LogP) is 2.07. The molecule has 2 aliphatic carbocycles. The monoisotopic (exact) mass is 282 g/mol. The van der Waals surface area contributed by atoms with Crippen molar-refractivity contribution in [3.05, 3.63) is 0 Å². The first-order valence-electron chi connectivity index (χ1n) is 8.15. The molecule has 0 aromatic heterocycles. The van der Waals surface area contributed by atoms with Crippen molar-refractivity contribution in [3.8, 4) is 0 Å². The number of ether oxygens (including phenoxy) is 1. The zero-order chi connectivity index (χ0) is 14.6. The summed E-state index contributed by atoms with van der Waals surface area (Å²) in [6.45, 7) is 6.07. The SMILES string of the molecule is CC(C)C1CCC(CN)(OCC(=O)NCC2CC2)CC1. The van der Waals surface area contributed by atoms with Gasteiger partial charge in [0.15, 0.2) is 0 Å². The fourth-order valence-electron chi connectivity index (χ4n) is 3.09. The third kappa shape index (κ3) is 4.45. The normalized spacial score (nSPS) is 30.5. The number of rotatable bonds is 7. The maximum atomic E-state index is 11.8. The van der Waals surface area contributed by atoms with Crippen molar-refractivity contribution < 1.29 is 9.53 Å². The minimum absolute atomic E-state index is 0.00991. The van der Waals surface area contributed by atoms with E-state index in [-0.39, 0.29) is 18.1 Å². The van der Waals surface area contributed by atoms with Gasteiger partial charge in [0.2, 0.25) is 5.91 Å². The van der Waals surface area contributed by atoms with Gasteiger partial charge in [0.25, 0.3) is 0 Å². The van der Waals surface area contributed by atoms with E-state index in [0.29, 0.717) is 12.5 Å². The van der Waals surface area contributed by atoms with Gasteiger partial charge >= 0.3 is 0 Å². The minimum Gasteiger partial charge on any atom is -0.364 e. The van der Waals surface area contributed by atoms with Crippen LogP contribution in [-0.4, -0.2) is 31.2 Å². The van der Waals surface area contributed by atoms with Crippen LogP contribution in [0.1, 0.15) is 52.4 Å². The van der Waals surface area contributed by atoms with Crippen molar-refractivity contribution in [2.24, 2.45) is 23.5 Å². The van der Waals surface area contributed by atoms with Crippen LogP contribution >= 0.6 is 0 Å². The molecule has 2 aliphatic rings. The molecule has 0 aromatic rings. The lowest BCUT2D eigenvalue weighted by molar-refractivity contribution is -0.136. The van der Waals surface area contributed by atoms with E-state index in [1.807, 2.05) is 0 Å². The topological polar surface area (TPSA) is 64.3 Å². The number of carbonyl (C=O) groups is 1. The number of nitrogens with one attached hydrogen (secondary N) is 1. The van der Waals surface area contributed by atoms with Crippen molar-refractivity contribution in [1.82, 2.24) is 5.32 Å². The molecule has 0 unspecified atom stereocenters. The molecule has 0 radical (unpaired) electrons. The zero-order valence-electron chi connectivity index (χ0n) is 13.0. The summed E-state index contributed by atoms with van der Waals surface area (Å²) in [5.74, 6) is 2.23. The van der Waals surface area contributed by atoms with Gasteiger partial charge in [-0.2, -0.15) is 0 Å². The van der Waals surface area contributed by atoms with E-state index in [2.05, 4.69) is 19.2 Å². The second kappa shape index (κ2) is 6.90. The Morgan fingerprint density at radius 1 is 1.30 bits per heavy atom. The Labute approximate surface area is 122 Å². The summed E-state index contributed by atoms with van der Waals surface area (Å²) in [7, 11) is 0. The van der Waals surface area contributed by atoms with Crippen molar-refractivity contribution in [3.63, 3.8) is 0 Å². The zero-order valence-corrected chi connectivity index (χ0v) is 13.0. The van der Waals surface area contributed by atoms with Crippen molar-refractivity contribution >= 4 is 5.91 Å². The molecule has 116 valence electrons. The van der Waals surface area contributed by atoms with Crippen LogP contribution in [0.2, 0.25) is 0 Å². The van der Waals surface area contributed by atoms with Gasteiger partial charge in [-0.05, 0) is 56.3 Å². The van der Waals surface area contributed by atoms with Crippen LogP contribution in [0.25, 0.3) is 0 Å². The van der Waals surface area contributed by atoms with E-state index in [9.17, 15) is 4.79 Å². The molecule has 0 aliphatic heterocycles. The Morgan fingerprint density at radius 3 is 2.45 bits per heavy atom. The molecule has 4 nitrogen and oxygen atoms in total. The fourth-order valence-corrected chi connectivity index (χ4v) is 3.09. The van der Waals surface area contributed by atoms with E-state index in [4.69, 9.17) is 10.5 Å². The summed E-state index contributed by atoms with van der Waals surface area (Å²) in [5.41, 5.74) is 5.66. The third-order valence-corrected chi connectivity index (χ3v) is 5.05. The van der Waals surface area contributed by atoms with E-state index in [1.165, 1.54) is 25.7 Å². The molecule has 0 saturated heterocycles. The smallest absolute Gasteiger partial charge is 0.246 e. The first kappa shape index (κ1) is 15.8. The summed E-state index contributed by atoms with van der Waals surface area (Å²) in [6.07, 6.45) is 6.82. The number of amides is 1. The van der Waals surface area contributed by atoms with Gasteiger partial charge in [-0.25, -0.2) is 0 Å². The lowest BCUT2D eigenvalue weighted by Crippen LogP contribution is -2.46. The number of hydrogen-bond acceptors (Lipinski definition) is 3. The summed E-state index contributed by atoms with van der Waals surface area (Å²) in [4.78, 5) is 11.8. The van der Waals surface area contributed by atoms with Gasteiger partial charge in [-0.15, -0.1) is 0 Å². The molecule has 3 N–H and O–H groups in total. The van der Waals surface area contributed by atoms with Gasteiger partial charge in [0.05, 0.1) is 5.60 Å². The maximum Gasteiger partial charge on any atom is 0.246 e. The van der Waals surface area contributed by atoms with Crippen LogP contribution in [-0.2, 0) is 9.53 Å². The fraction of sp³-hybridized carbons (Fsp3) is 0.938. The highest BCUT2D eigenvalue weighted by molar-refractivity contribution is 5.77. The Bertz CT molecular complexity index is 318. The number of hydrogen-bond donors (Lipinski definition) is 2. The third-order valence-electron chi connectivity index (χ3n) is 5.05. The second-order valence-electron chi connectivity index (χ2n) is 7.00. The average molecular weight is 282 g/mol. The highest BCUT2D eigenvalue weighted by atomic mass is 16.5. The van der Waals surface area contributed by atoms with E-state index in [0.717, 1.165) is 31.2 Å². The largest absolute Gasteiger partial charge is 0.364 e. The standard InChI is InChI=1S/C16H30N2O2/c1-12(2)14-5-7-16(11-17,8-6-14)20-10-15(19)18-9-13-3-4-13/h12-14H,3-11,17H2,1-2H3,(H,18,19). The number of nitrogens with two attached hydrogens (primary N) is 1. The first-order chi connectivity index (χ1) is 9.54. The van der Waals surface area contributed by atoms with Gasteiger partial charge in [0, 0.05) is 13.1 Å². The Morgan fingerprint density at radius 2 is 1.95 bits per heavy atom. The highest BCUT2D eigenvalue weighted by Crippen LogP contribution is 2.37. The maximum absolute atomic E-state index is 11.8. The van der Waals surface area contributed by atoms with Crippen molar-refractivity contribution in [2.75, 3.05) is 19.7 Å². The molecule has 0 atom stereocenters. The van der Waals surface area contributed by atoms with Crippen molar-refractivity contribution in [2.45, 2.75) is 58.0 Å². The van der Waals surface area contributed by atoms with Gasteiger partial charge < -0.3 is 15.8 Å². The van der Waals surface area contributed by atoms with Gasteiger partial charge in [-0.1, -0.05) is 13.8 Å². The first-order valence-corrected chi connectivity index (χ1v) is 8.15. The summed E-state index contributed by atoms with van der Waals surface area (Å²) >= 11 is 0. The quantitative estimate of drug-likeness (QED) is 0.751.